The van der Waals surface area contributed by atoms with Gasteiger partial charge in [-0.1, -0.05) is 63.9 Å². The highest BCUT2D eigenvalue weighted by Gasteiger charge is 2.18. The van der Waals surface area contributed by atoms with Gasteiger partial charge in [0.15, 0.2) is 0 Å². The van der Waals surface area contributed by atoms with Crippen LogP contribution in [0.4, 0.5) is 0 Å². The van der Waals surface area contributed by atoms with Gasteiger partial charge in [-0.05, 0) is 30.7 Å². The maximum absolute atomic E-state index is 10.5. The predicted molar refractivity (Wildman–Crippen MR) is 92.0 cm³/mol. The predicted octanol–water partition coefficient (Wildman–Crippen LogP) is 4.79. The Morgan fingerprint density at radius 3 is 2.36 bits per heavy atom. The Labute approximate surface area is 135 Å². The van der Waals surface area contributed by atoms with Gasteiger partial charge in [0, 0.05) is 18.5 Å². The van der Waals surface area contributed by atoms with Gasteiger partial charge in [-0.15, -0.1) is 0 Å². The van der Waals surface area contributed by atoms with Crippen molar-refractivity contribution in [2.45, 2.75) is 71.4 Å². The molecule has 3 nitrogen and oxygen atoms in total. The average molecular weight is 305 g/mol. The van der Waals surface area contributed by atoms with E-state index >= 15 is 0 Å². The van der Waals surface area contributed by atoms with Crippen LogP contribution in [-0.4, -0.2) is 17.1 Å². The molecule has 1 rings (SSSR count). The molecule has 0 aromatic heterocycles. The van der Waals surface area contributed by atoms with Crippen LogP contribution in [0.3, 0.4) is 0 Å². The summed E-state index contributed by atoms with van der Waals surface area (Å²) in [6, 6.07) is 11.5. The first-order valence-electron chi connectivity index (χ1n) is 8.57. The van der Waals surface area contributed by atoms with Crippen molar-refractivity contribution in [3.8, 4) is 0 Å². The Morgan fingerprint density at radius 2 is 1.82 bits per heavy atom. The summed E-state index contributed by atoms with van der Waals surface area (Å²) in [5, 5.41) is 12.5. The van der Waals surface area contributed by atoms with Crippen LogP contribution in [-0.2, 0) is 4.79 Å². The molecule has 3 heteroatoms. The van der Waals surface area contributed by atoms with Crippen molar-refractivity contribution in [2.75, 3.05) is 0 Å². The van der Waals surface area contributed by atoms with E-state index in [0.717, 1.165) is 32.1 Å². The molecule has 1 aromatic carbocycles. The van der Waals surface area contributed by atoms with Crippen LogP contribution in [0.15, 0.2) is 30.3 Å². The second-order valence-electron chi connectivity index (χ2n) is 6.38. The summed E-state index contributed by atoms with van der Waals surface area (Å²) in [6.07, 6.45) is 5.36. The van der Waals surface area contributed by atoms with Crippen LogP contribution >= 0.6 is 0 Å². The molecule has 0 heterocycles. The third-order valence-electron chi connectivity index (χ3n) is 4.24. The molecule has 0 spiro atoms. The van der Waals surface area contributed by atoms with Crippen molar-refractivity contribution in [2.24, 2.45) is 5.92 Å². The van der Waals surface area contributed by atoms with Gasteiger partial charge in [0.25, 0.3) is 0 Å². The lowest BCUT2D eigenvalue weighted by molar-refractivity contribution is -0.137. The monoisotopic (exact) mass is 305 g/mol. The molecule has 2 unspecified atom stereocenters. The molecule has 0 fully saturated rings. The van der Waals surface area contributed by atoms with Crippen LogP contribution in [0, 0.1) is 5.92 Å². The van der Waals surface area contributed by atoms with Crippen LogP contribution in [0.5, 0.6) is 0 Å². The molecule has 0 radical (unpaired) electrons. The van der Waals surface area contributed by atoms with Crippen molar-refractivity contribution in [1.29, 1.82) is 0 Å². The number of carboxylic acids is 1. The number of benzene rings is 1. The van der Waals surface area contributed by atoms with E-state index in [1.165, 1.54) is 5.56 Å². The molecule has 1 aromatic rings. The van der Waals surface area contributed by atoms with Crippen LogP contribution in [0.2, 0.25) is 0 Å². The van der Waals surface area contributed by atoms with E-state index in [1.54, 1.807) is 0 Å². The maximum atomic E-state index is 10.5. The second kappa shape index (κ2) is 10.4. The van der Waals surface area contributed by atoms with Crippen molar-refractivity contribution >= 4 is 5.97 Å². The Kier molecular flexibility index (Phi) is 8.83. The maximum Gasteiger partial charge on any atom is 0.303 e. The molecule has 2 atom stereocenters. The molecule has 0 amide bonds. The number of hydrogen-bond donors (Lipinski definition) is 2. The fraction of sp³-hybridized carbons (Fsp3) is 0.632. The van der Waals surface area contributed by atoms with E-state index in [0.29, 0.717) is 24.4 Å². The topological polar surface area (TPSA) is 49.3 Å². The average Bonchev–Trinajstić information content (AvgIpc) is 2.50. The SMILES string of the molecule is CCC(NC(CCCCCC(=O)O)C(C)C)c1ccccc1. The fourth-order valence-corrected chi connectivity index (χ4v) is 2.82. The van der Waals surface area contributed by atoms with Gasteiger partial charge >= 0.3 is 5.97 Å². The number of carbonyl (C=O) groups is 1. The molecule has 0 aliphatic heterocycles. The molecule has 0 aliphatic carbocycles. The van der Waals surface area contributed by atoms with Gasteiger partial charge in [-0.2, -0.15) is 0 Å². The third kappa shape index (κ3) is 7.08. The summed E-state index contributed by atoms with van der Waals surface area (Å²) in [7, 11) is 0. The van der Waals surface area contributed by atoms with Gasteiger partial charge in [-0.3, -0.25) is 4.79 Å². The Hall–Kier alpha value is -1.35. The van der Waals surface area contributed by atoms with Crippen LogP contribution < -0.4 is 5.32 Å². The lowest BCUT2D eigenvalue weighted by Gasteiger charge is -2.28. The van der Waals surface area contributed by atoms with Crippen molar-refractivity contribution in [3.05, 3.63) is 35.9 Å². The number of aliphatic carboxylic acids is 1. The molecule has 0 saturated heterocycles. The number of nitrogens with one attached hydrogen (secondary N) is 1. The molecular weight excluding hydrogens is 274 g/mol. The normalized spacial score (nSPS) is 14.0. The highest BCUT2D eigenvalue weighted by atomic mass is 16.4. The zero-order chi connectivity index (χ0) is 16.4. The quantitative estimate of drug-likeness (QED) is 0.578. The summed E-state index contributed by atoms with van der Waals surface area (Å²) in [5.74, 6) is -0.106. The minimum atomic E-state index is -0.686. The smallest absolute Gasteiger partial charge is 0.303 e. The standard InChI is InChI=1S/C19H31NO2/c1-4-17(16-11-7-5-8-12-16)20-18(15(2)3)13-9-6-10-14-19(21)22/h5,7-8,11-12,15,17-18,20H,4,6,9-10,13-14H2,1-3H3,(H,21,22). The van der Waals surface area contributed by atoms with Crippen LogP contribution in [0.25, 0.3) is 0 Å². The van der Waals surface area contributed by atoms with E-state index in [2.05, 4.69) is 56.4 Å². The van der Waals surface area contributed by atoms with E-state index in [1.807, 2.05) is 0 Å². The first-order chi connectivity index (χ1) is 10.5. The Balaban J connectivity index is 2.47. The van der Waals surface area contributed by atoms with Crippen molar-refractivity contribution in [3.63, 3.8) is 0 Å². The van der Waals surface area contributed by atoms with Crippen LogP contribution in [0.1, 0.15) is 70.9 Å². The summed E-state index contributed by atoms with van der Waals surface area (Å²) >= 11 is 0. The molecule has 124 valence electrons. The van der Waals surface area contributed by atoms with E-state index < -0.39 is 5.97 Å². The third-order valence-corrected chi connectivity index (χ3v) is 4.24. The van der Waals surface area contributed by atoms with Gasteiger partial charge in [-0.25, -0.2) is 0 Å². The van der Waals surface area contributed by atoms with E-state index in [-0.39, 0.29) is 0 Å². The number of hydrogen-bond acceptors (Lipinski definition) is 2. The van der Waals surface area contributed by atoms with Gasteiger partial charge < -0.3 is 10.4 Å². The van der Waals surface area contributed by atoms with Gasteiger partial charge in [0.05, 0.1) is 0 Å². The Bertz CT molecular complexity index is 417. The second-order valence-corrected chi connectivity index (χ2v) is 6.38. The number of carboxylic acid groups (broad SMARTS) is 1. The minimum Gasteiger partial charge on any atom is -0.481 e. The first kappa shape index (κ1) is 18.7. The molecule has 22 heavy (non-hydrogen) atoms. The van der Waals surface area contributed by atoms with Crippen molar-refractivity contribution in [1.82, 2.24) is 5.32 Å². The molecule has 0 saturated carbocycles. The zero-order valence-corrected chi connectivity index (χ0v) is 14.2. The Morgan fingerprint density at radius 1 is 1.14 bits per heavy atom. The lowest BCUT2D eigenvalue weighted by Crippen LogP contribution is -2.36. The molecule has 0 aliphatic rings. The number of unbranched alkanes of at least 4 members (excludes halogenated alkanes) is 2. The minimum absolute atomic E-state index is 0.293. The highest BCUT2D eigenvalue weighted by Crippen LogP contribution is 2.21. The van der Waals surface area contributed by atoms with E-state index in [4.69, 9.17) is 5.11 Å². The summed E-state index contributed by atoms with van der Waals surface area (Å²) in [6.45, 7) is 6.73. The summed E-state index contributed by atoms with van der Waals surface area (Å²) in [5.41, 5.74) is 1.35. The number of rotatable bonds is 11. The van der Waals surface area contributed by atoms with Gasteiger partial charge in [0.1, 0.15) is 0 Å². The summed E-state index contributed by atoms with van der Waals surface area (Å²) in [4.78, 5) is 10.5. The van der Waals surface area contributed by atoms with Crippen molar-refractivity contribution < 1.29 is 9.90 Å². The summed E-state index contributed by atoms with van der Waals surface area (Å²) < 4.78 is 0. The molecule has 2 N–H and O–H groups in total. The molecule has 0 bridgehead atoms. The lowest BCUT2D eigenvalue weighted by atomic mass is 9.94. The first-order valence-corrected chi connectivity index (χ1v) is 8.57. The van der Waals surface area contributed by atoms with E-state index in [9.17, 15) is 4.79 Å². The van der Waals surface area contributed by atoms with Gasteiger partial charge in [0.2, 0.25) is 0 Å². The molecular formula is C19H31NO2. The fourth-order valence-electron chi connectivity index (χ4n) is 2.82. The highest BCUT2D eigenvalue weighted by molar-refractivity contribution is 5.66. The zero-order valence-electron chi connectivity index (χ0n) is 14.2. The largest absolute Gasteiger partial charge is 0.481 e.